The van der Waals surface area contributed by atoms with Crippen molar-refractivity contribution in [2.24, 2.45) is 11.8 Å². The fourth-order valence-electron chi connectivity index (χ4n) is 4.63. The van der Waals surface area contributed by atoms with Gasteiger partial charge in [0.05, 0.1) is 7.11 Å². The molecule has 2 amide bonds. The molecule has 144 valence electrons. The number of nitrogens with zero attached hydrogens (tertiary/aromatic N) is 1. The average Bonchev–Trinajstić information content (AvgIpc) is 3.19. The van der Waals surface area contributed by atoms with Gasteiger partial charge in [0, 0.05) is 18.2 Å². The fraction of sp³-hybridized carbons (Fsp3) is 0.286. The first-order valence-electron chi connectivity index (χ1n) is 8.98. The van der Waals surface area contributed by atoms with Gasteiger partial charge < -0.3 is 10.1 Å². The van der Waals surface area contributed by atoms with E-state index in [9.17, 15) is 18.8 Å². The number of likely N-dealkylation sites (tertiary alicyclic amines) is 1. The zero-order valence-electron chi connectivity index (χ0n) is 15.5. The molecule has 0 unspecified atom stereocenters. The molecule has 0 bridgehead atoms. The van der Waals surface area contributed by atoms with Crippen molar-refractivity contribution in [2.45, 2.75) is 11.6 Å². The molecule has 7 heteroatoms. The second-order valence-electron chi connectivity index (χ2n) is 7.21. The number of rotatable bonds is 3. The van der Waals surface area contributed by atoms with Crippen LogP contribution in [0.5, 0.6) is 0 Å². The first kappa shape index (κ1) is 18.3. The van der Waals surface area contributed by atoms with E-state index in [1.807, 2.05) is 6.07 Å². The third-order valence-electron chi connectivity index (χ3n) is 5.92. The van der Waals surface area contributed by atoms with Crippen molar-refractivity contribution in [3.05, 3.63) is 71.5 Å². The van der Waals surface area contributed by atoms with Crippen molar-refractivity contribution in [1.82, 2.24) is 4.90 Å². The van der Waals surface area contributed by atoms with Gasteiger partial charge in [-0.2, -0.15) is 0 Å². The van der Waals surface area contributed by atoms with Crippen LogP contribution in [0.1, 0.15) is 17.2 Å². The number of hydrogen-bond acceptors (Lipinski definition) is 4. The monoisotopic (exact) mass is 383 g/mol. The van der Waals surface area contributed by atoms with Gasteiger partial charge in [-0.25, -0.2) is 9.18 Å². The summed E-state index contributed by atoms with van der Waals surface area (Å²) >= 11 is 0. The standard InChI is InChI=1S/C21H19FN2O4/c1-24-18(25)15-16(19(24)26)21(20(27)28-2,13-6-4-3-5-7-13)23-17(15)12-8-10-14(22)11-9-12/h3-11,15-17,23H,1-2H3/p+1/t15-,16+,17+,21-/m1/s1. The number of nitrogens with two attached hydrogens (primary N) is 1. The van der Waals surface area contributed by atoms with Crippen LogP contribution in [0.25, 0.3) is 0 Å². The Bertz CT molecular complexity index is 947. The number of imide groups is 1. The Morgan fingerprint density at radius 2 is 1.71 bits per heavy atom. The average molecular weight is 383 g/mol. The Hall–Kier alpha value is -3.06. The minimum absolute atomic E-state index is 0.345. The molecule has 6 nitrogen and oxygen atoms in total. The molecule has 0 aliphatic carbocycles. The molecule has 2 aromatic rings. The van der Waals surface area contributed by atoms with Crippen LogP contribution in [0.3, 0.4) is 0 Å². The maximum atomic E-state index is 13.4. The highest BCUT2D eigenvalue weighted by atomic mass is 19.1. The molecule has 2 fully saturated rings. The highest BCUT2D eigenvalue weighted by Gasteiger charge is 2.72. The highest BCUT2D eigenvalue weighted by Crippen LogP contribution is 2.48. The molecule has 0 radical (unpaired) electrons. The summed E-state index contributed by atoms with van der Waals surface area (Å²) in [5.41, 5.74) is -0.121. The van der Waals surface area contributed by atoms with Crippen LogP contribution in [0, 0.1) is 17.7 Å². The maximum Gasteiger partial charge on any atom is 0.373 e. The highest BCUT2D eigenvalue weighted by molar-refractivity contribution is 6.08. The van der Waals surface area contributed by atoms with Crippen molar-refractivity contribution < 1.29 is 28.8 Å². The van der Waals surface area contributed by atoms with Crippen LogP contribution in [0.4, 0.5) is 4.39 Å². The molecule has 0 aromatic heterocycles. The molecule has 2 heterocycles. The van der Waals surface area contributed by atoms with E-state index in [4.69, 9.17) is 4.74 Å². The molecular formula is C21H20FN2O4+. The Kier molecular flexibility index (Phi) is 4.27. The van der Waals surface area contributed by atoms with Crippen LogP contribution < -0.4 is 5.32 Å². The summed E-state index contributed by atoms with van der Waals surface area (Å²) in [6, 6.07) is 14.1. The van der Waals surface area contributed by atoms with E-state index in [0.717, 1.165) is 4.90 Å². The second kappa shape index (κ2) is 6.53. The van der Waals surface area contributed by atoms with Crippen molar-refractivity contribution in [3.63, 3.8) is 0 Å². The normalized spacial score (nSPS) is 29.1. The lowest BCUT2D eigenvalue weighted by Crippen LogP contribution is -2.96. The van der Waals surface area contributed by atoms with E-state index >= 15 is 0 Å². The summed E-state index contributed by atoms with van der Waals surface area (Å²) < 4.78 is 18.5. The minimum Gasteiger partial charge on any atom is -0.464 e. The summed E-state index contributed by atoms with van der Waals surface area (Å²) in [7, 11) is 2.70. The summed E-state index contributed by atoms with van der Waals surface area (Å²) in [5.74, 6) is -3.40. The topological polar surface area (TPSA) is 80.3 Å². The van der Waals surface area contributed by atoms with Crippen molar-refractivity contribution >= 4 is 17.8 Å². The predicted molar refractivity (Wildman–Crippen MR) is 96.0 cm³/mol. The SMILES string of the molecule is COC(=O)[C@]1(c2ccccc2)[NH2+][C@@H](c2ccc(F)cc2)[C@@H]2C(=O)N(C)C(=O)[C@H]21. The van der Waals surface area contributed by atoms with Crippen LogP contribution in [0.2, 0.25) is 0 Å². The lowest BCUT2D eigenvalue weighted by atomic mass is 9.75. The van der Waals surface area contributed by atoms with E-state index < -0.39 is 41.1 Å². The van der Waals surface area contributed by atoms with Gasteiger partial charge in [0.15, 0.2) is 0 Å². The third kappa shape index (κ3) is 2.39. The molecule has 2 aliphatic rings. The van der Waals surface area contributed by atoms with E-state index in [-0.39, 0.29) is 5.91 Å². The number of hydrogen-bond donors (Lipinski definition) is 1. The number of ether oxygens (including phenoxy) is 1. The van der Waals surface area contributed by atoms with Gasteiger partial charge in [0.1, 0.15) is 23.7 Å². The Morgan fingerprint density at radius 3 is 2.32 bits per heavy atom. The van der Waals surface area contributed by atoms with Gasteiger partial charge in [-0.15, -0.1) is 0 Å². The third-order valence-corrected chi connectivity index (χ3v) is 5.92. The number of fused-ring (bicyclic) bond motifs is 1. The van der Waals surface area contributed by atoms with E-state index in [2.05, 4.69) is 0 Å². The van der Waals surface area contributed by atoms with Crippen molar-refractivity contribution in [1.29, 1.82) is 0 Å². The molecule has 0 saturated carbocycles. The Morgan fingerprint density at radius 1 is 1.07 bits per heavy atom. The van der Waals surface area contributed by atoms with Gasteiger partial charge in [-0.1, -0.05) is 42.5 Å². The van der Waals surface area contributed by atoms with Crippen LogP contribution >= 0.6 is 0 Å². The number of quaternary nitrogens is 1. The molecule has 2 N–H and O–H groups in total. The van der Waals surface area contributed by atoms with Gasteiger partial charge in [0.2, 0.25) is 17.4 Å². The fourth-order valence-corrected chi connectivity index (χ4v) is 4.63. The summed E-state index contributed by atoms with van der Waals surface area (Å²) in [5, 5.41) is 1.74. The van der Waals surface area contributed by atoms with E-state index in [1.165, 1.54) is 26.3 Å². The van der Waals surface area contributed by atoms with Crippen molar-refractivity contribution in [3.8, 4) is 0 Å². The molecule has 0 spiro atoms. The lowest BCUT2D eigenvalue weighted by molar-refractivity contribution is -0.742. The molecule has 4 rings (SSSR count). The molecular weight excluding hydrogens is 363 g/mol. The zero-order chi connectivity index (χ0) is 20.1. The molecule has 28 heavy (non-hydrogen) atoms. The lowest BCUT2D eigenvalue weighted by Gasteiger charge is -2.29. The second-order valence-corrected chi connectivity index (χ2v) is 7.21. The number of halogens is 1. The zero-order valence-corrected chi connectivity index (χ0v) is 15.5. The molecule has 2 aliphatic heterocycles. The Balaban J connectivity index is 1.94. The molecule has 2 saturated heterocycles. The number of carbonyl (C=O) groups is 3. The van der Waals surface area contributed by atoms with Crippen LogP contribution in [-0.4, -0.2) is 36.8 Å². The first-order valence-corrected chi connectivity index (χ1v) is 8.98. The predicted octanol–water partition coefficient (Wildman–Crippen LogP) is 0.743. The number of benzene rings is 2. The summed E-state index contributed by atoms with van der Waals surface area (Å²) in [6.07, 6.45) is 0. The van der Waals surface area contributed by atoms with Gasteiger partial charge in [-0.05, 0) is 12.1 Å². The summed E-state index contributed by atoms with van der Waals surface area (Å²) in [6.45, 7) is 0. The minimum atomic E-state index is -1.39. The molecule has 4 atom stereocenters. The van der Waals surface area contributed by atoms with Crippen molar-refractivity contribution in [2.75, 3.05) is 14.2 Å². The number of amides is 2. The van der Waals surface area contributed by atoms with E-state index in [0.29, 0.717) is 11.1 Å². The number of esters is 1. The summed E-state index contributed by atoms with van der Waals surface area (Å²) in [4.78, 5) is 40.1. The largest absolute Gasteiger partial charge is 0.464 e. The quantitative estimate of drug-likeness (QED) is 0.626. The van der Waals surface area contributed by atoms with Gasteiger partial charge >= 0.3 is 5.97 Å². The van der Waals surface area contributed by atoms with Crippen LogP contribution in [-0.2, 0) is 24.7 Å². The number of carbonyl (C=O) groups excluding carboxylic acids is 3. The van der Waals surface area contributed by atoms with E-state index in [1.54, 1.807) is 41.7 Å². The van der Waals surface area contributed by atoms with Gasteiger partial charge in [-0.3, -0.25) is 14.5 Å². The van der Waals surface area contributed by atoms with Gasteiger partial charge in [0.25, 0.3) is 0 Å². The maximum absolute atomic E-state index is 13.4. The number of methoxy groups -OCH3 is 1. The first-order chi connectivity index (χ1) is 13.4. The molecule has 2 aromatic carbocycles. The Labute approximate surface area is 161 Å². The smallest absolute Gasteiger partial charge is 0.373 e. The van der Waals surface area contributed by atoms with Crippen LogP contribution in [0.15, 0.2) is 54.6 Å².